The number of methoxy groups -OCH3 is 1. The first-order valence-electron chi connectivity index (χ1n) is 12.4. The van der Waals surface area contributed by atoms with E-state index in [2.05, 4.69) is 37.1 Å². The molecule has 12 heteroatoms. The predicted octanol–water partition coefficient (Wildman–Crippen LogP) is 3.90. The Hall–Kier alpha value is -4.42. The van der Waals surface area contributed by atoms with Gasteiger partial charge in [0.15, 0.2) is 9.84 Å². The number of carbonyl (C=O) groups excluding carboxylic acids is 1. The van der Waals surface area contributed by atoms with E-state index in [1.165, 1.54) is 12.3 Å². The lowest BCUT2D eigenvalue weighted by Gasteiger charge is -2.26. The second kappa shape index (κ2) is 11.8. The van der Waals surface area contributed by atoms with Gasteiger partial charge in [-0.25, -0.2) is 18.4 Å². The van der Waals surface area contributed by atoms with Gasteiger partial charge in [0.05, 0.1) is 40.3 Å². The summed E-state index contributed by atoms with van der Waals surface area (Å²) in [4.78, 5) is 28.7. The quantitative estimate of drug-likeness (QED) is 0.232. The Kier molecular flexibility index (Phi) is 8.40. The van der Waals surface area contributed by atoms with Gasteiger partial charge in [0, 0.05) is 55.8 Å². The number of carbonyl (C=O) groups is 1. The van der Waals surface area contributed by atoms with Gasteiger partial charge < -0.3 is 30.2 Å². The highest BCUT2D eigenvalue weighted by atomic mass is 32.2. The van der Waals surface area contributed by atoms with Crippen molar-refractivity contribution in [3.05, 3.63) is 61.4 Å². The highest BCUT2D eigenvalue weighted by molar-refractivity contribution is 7.91. The number of amides is 1. The van der Waals surface area contributed by atoms with E-state index in [0.29, 0.717) is 34.3 Å². The summed E-state index contributed by atoms with van der Waals surface area (Å²) in [7, 11) is 4.08. The van der Waals surface area contributed by atoms with Gasteiger partial charge in [0.25, 0.3) is 0 Å². The number of hydrogen-bond donors (Lipinski definition) is 3. The van der Waals surface area contributed by atoms with Crippen LogP contribution < -0.4 is 20.3 Å². The number of sulfone groups is 1. The van der Waals surface area contributed by atoms with Crippen LogP contribution in [0.1, 0.15) is 0 Å². The van der Waals surface area contributed by atoms with Crippen molar-refractivity contribution in [3.8, 4) is 17.0 Å². The van der Waals surface area contributed by atoms with Crippen molar-refractivity contribution in [2.75, 3.05) is 63.1 Å². The summed E-state index contributed by atoms with van der Waals surface area (Å²) < 4.78 is 30.2. The zero-order valence-electron chi connectivity index (χ0n) is 23.1. The number of benzene rings is 2. The fraction of sp³-hybridized carbons (Fsp3) is 0.250. The highest BCUT2D eigenvalue weighted by Crippen LogP contribution is 2.38. The number of nitrogens with zero attached hydrogens (tertiary/aromatic N) is 4. The van der Waals surface area contributed by atoms with Crippen LogP contribution in [0.2, 0.25) is 0 Å². The summed E-state index contributed by atoms with van der Waals surface area (Å²) in [6.07, 6.45) is 5.73. The van der Waals surface area contributed by atoms with Crippen molar-refractivity contribution in [2.45, 2.75) is 4.90 Å². The first-order chi connectivity index (χ1) is 19.0. The fourth-order valence-corrected chi connectivity index (χ4v) is 5.11. The Morgan fingerprint density at radius 2 is 1.93 bits per heavy atom. The SMILES string of the molecule is C=CC(=O)Nc1cc(Nc2nccc(-c3c[nH]c4c(S(C)(=O)=O)cccc34)n2)c(OC)cc1N(C)CCN(C)C. The van der Waals surface area contributed by atoms with Gasteiger partial charge in [0.1, 0.15) is 5.75 Å². The van der Waals surface area contributed by atoms with E-state index >= 15 is 0 Å². The van der Waals surface area contributed by atoms with Crippen molar-refractivity contribution in [1.29, 1.82) is 0 Å². The van der Waals surface area contributed by atoms with Gasteiger partial charge >= 0.3 is 0 Å². The minimum absolute atomic E-state index is 0.220. The van der Waals surface area contributed by atoms with Gasteiger partial charge in [0.2, 0.25) is 11.9 Å². The van der Waals surface area contributed by atoms with Crippen LogP contribution in [-0.2, 0) is 14.6 Å². The van der Waals surface area contributed by atoms with Crippen LogP contribution in [0.25, 0.3) is 22.2 Å². The molecule has 1 amide bonds. The molecule has 2 aromatic heterocycles. The molecule has 0 aliphatic rings. The van der Waals surface area contributed by atoms with E-state index in [-0.39, 0.29) is 10.8 Å². The summed E-state index contributed by atoms with van der Waals surface area (Å²) in [5, 5.41) is 6.80. The molecule has 11 nitrogen and oxygen atoms in total. The molecule has 2 aromatic carbocycles. The molecule has 0 unspecified atom stereocenters. The smallest absolute Gasteiger partial charge is 0.247 e. The highest BCUT2D eigenvalue weighted by Gasteiger charge is 2.18. The van der Waals surface area contributed by atoms with Crippen molar-refractivity contribution in [1.82, 2.24) is 19.9 Å². The maximum absolute atomic E-state index is 12.3. The number of fused-ring (bicyclic) bond motifs is 1. The minimum Gasteiger partial charge on any atom is -0.494 e. The second-order valence-electron chi connectivity index (χ2n) is 9.53. The number of H-pyrrole nitrogens is 1. The molecule has 2 heterocycles. The Labute approximate surface area is 233 Å². The zero-order valence-corrected chi connectivity index (χ0v) is 24.0. The zero-order chi connectivity index (χ0) is 29.0. The van der Waals surface area contributed by atoms with Crippen molar-refractivity contribution in [2.24, 2.45) is 0 Å². The molecule has 0 radical (unpaired) electrons. The first-order valence-corrected chi connectivity index (χ1v) is 14.3. The summed E-state index contributed by atoms with van der Waals surface area (Å²) in [6.45, 7) is 5.09. The maximum atomic E-state index is 12.3. The van der Waals surface area contributed by atoms with E-state index in [1.54, 1.807) is 43.8 Å². The largest absolute Gasteiger partial charge is 0.494 e. The van der Waals surface area contributed by atoms with E-state index in [9.17, 15) is 13.2 Å². The predicted molar refractivity (Wildman–Crippen MR) is 159 cm³/mol. The lowest BCUT2D eigenvalue weighted by atomic mass is 10.1. The lowest BCUT2D eigenvalue weighted by Crippen LogP contribution is -2.29. The molecule has 0 saturated heterocycles. The van der Waals surface area contributed by atoms with Crippen LogP contribution in [0.3, 0.4) is 0 Å². The van der Waals surface area contributed by atoms with E-state index in [0.717, 1.165) is 29.7 Å². The van der Waals surface area contributed by atoms with Gasteiger partial charge in [-0.1, -0.05) is 18.7 Å². The van der Waals surface area contributed by atoms with Crippen LogP contribution in [-0.4, -0.2) is 81.8 Å². The van der Waals surface area contributed by atoms with E-state index in [4.69, 9.17) is 4.74 Å². The molecule has 0 aliphatic heterocycles. The van der Waals surface area contributed by atoms with Crippen molar-refractivity contribution >= 4 is 49.7 Å². The fourth-order valence-electron chi connectivity index (χ4n) is 4.24. The van der Waals surface area contributed by atoms with E-state index < -0.39 is 9.84 Å². The third kappa shape index (κ3) is 6.24. The van der Waals surface area contributed by atoms with Crippen LogP contribution in [0.5, 0.6) is 5.75 Å². The molecule has 4 aromatic rings. The summed E-state index contributed by atoms with van der Waals surface area (Å²) in [6, 6.07) is 10.5. The number of aromatic nitrogens is 3. The lowest BCUT2D eigenvalue weighted by molar-refractivity contribution is -0.111. The average Bonchev–Trinajstić information content (AvgIpc) is 3.35. The third-order valence-corrected chi connectivity index (χ3v) is 7.45. The monoisotopic (exact) mass is 563 g/mol. The van der Waals surface area contributed by atoms with Crippen LogP contribution in [0, 0.1) is 0 Å². The van der Waals surface area contributed by atoms with Gasteiger partial charge in [-0.3, -0.25) is 4.79 Å². The molecule has 210 valence electrons. The summed E-state index contributed by atoms with van der Waals surface area (Å²) in [5.41, 5.74) is 3.72. The average molecular weight is 564 g/mol. The van der Waals surface area contributed by atoms with Crippen LogP contribution in [0.4, 0.5) is 23.0 Å². The Morgan fingerprint density at radius 3 is 2.60 bits per heavy atom. The number of aromatic amines is 1. The van der Waals surface area contributed by atoms with E-state index in [1.807, 2.05) is 38.2 Å². The molecular formula is C28H33N7O4S. The minimum atomic E-state index is -3.42. The second-order valence-corrected chi connectivity index (χ2v) is 11.5. The Morgan fingerprint density at radius 1 is 1.15 bits per heavy atom. The van der Waals surface area contributed by atoms with Crippen molar-refractivity contribution in [3.63, 3.8) is 0 Å². The Balaban J connectivity index is 1.72. The molecule has 0 bridgehead atoms. The van der Waals surface area contributed by atoms with Crippen LogP contribution >= 0.6 is 0 Å². The standard InChI is InChI=1S/C28H33N7O4S/c1-7-26(36)31-21-15-22(24(39-5)16-23(21)35(4)14-13-34(2)3)33-28-29-12-11-20(32-28)19-17-30-27-18(19)9-8-10-25(27)40(6,37)38/h7-12,15-17,30H,1,13-14H2,2-6H3,(H,31,36)(H,29,32,33). The Bertz CT molecular complexity index is 1660. The van der Waals surface area contributed by atoms with Gasteiger partial charge in [-0.15, -0.1) is 0 Å². The summed E-state index contributed by atoms with van der Waals surface area (Å²) in [5.74, 6) is 0.478. The topological polar surface area (TPSA) is 133 Å². The summed E-state index contributed by atoms with van der Waals surface area (Å²) >= 11 is 0. The molecule has 3 N–H and O–H groups in total. The number of likely N-dealkylation sites (N-methyl/N-ethyl adjacent to an activating group) is 2. The van der Waals surface area contributed by atoms with Gasteiger partial charge in [-0.2, -0.15) is 0 Å². The molecule has 0 saturated carbocycles. The maximum Gasteiger partial charge on any atom is 0.247 e. The molecule has 0 fully saturated rings. The molecule has 0 atom stereocenters. The van der Waals surface area contributed by atoms with Crippen molar-refractivity contribution < 1.29 is 17.9 Å². The number of hydrogen-bond acceptors (Lipinski definition) is 9. The number of ether oxygens (including phenoxy) is 1. The molecule has 40 heavy (non-hydrogen) atoms. The normalized spacial score (nSPS) is 11.4. The third-order valence-electron chi connectivity index (χ3n) is 6.31. The number of nitrogens with one attached hydrogen (secondary N) is 3. The molecule has 4 rings (SSSR count). The number of para-hydroxylation sites is 1. The molecule has 0 aliphatic carbocycles. The van der Waals surface area contributed by atoms with Gasteiger partial charge in [-0.05, 0) is 38.4 Å². The molecule has 0 spiro atoms. The number of anilines is 4. The van der Waals surface area contributed by atoms with Crippen LogP contribution in [0.15, 0.2) is 66.3 Å². The molecular weight excluding hydrogens is 530 g/mol. The number of rotatable bonds is 11. The first kappa shape index (κ1) is 28.6.